The number of hydrazone groups is 1. The monoisotopic (exact) mass is 396 g/mol. The molecule has 1 unspecified atom stereocenters. The minimum Gasteiger partial charge on any atom is -0.336 e. The maximum Gasteiger partial charge on any atom is 0.253 e. The van der Waals surface area contributed by atoms with Crippen LogP contribution in [0.3, 0.4) is 0 Å². The van der Waals surface area contributed by atoms with Gasteiger partial charge in [0, 0.05) is 42.9 Å². The predicted molar refractivity (Wildman–Crippen MR) is 118 cm³/mol. The summed E-state index contributed by atoms with van der Waals surface area (Å²) in [6, 6.07) is 28.3. The third kappa shape index (κ3) is 3.48. The summed E-state index contributed by atoms with van der Waals surface area (Å²) in [6.45, 7) is 3.04. The van der Waals surface area contributed by atoms with Crippen molar-refractivity contribution >= 4 is 11.6 Å². The van der Waals surface area contributed by atoms with Crippen molar-refractivity contribution in [2.24, 2.45) is 5.10 Å². The number of rotatable bonds is 3. The van der Waals surface area contributed by atoms with Crippen molar-refractivity contribution in [3.63, 3.8) is 0 Å². The Hall–Kier alpha value is -3.44. The number of piperazine rings is 1. The summed E-state index contributed by atoms with van der Waals surface area (Å²) >= 11 is 0. The number of carbonyl (C=O) groups excluding carboxylic acids is 1. The highest BCUT2D eigenvalue weighted by Crippen LogP contribution is 2.29. The van der Waals surface area contributed by atoms with Gasteiger partial charge in [-0.15, -0.1) is 0 Å². The van der Waals surface area contributed by atoms with E-state index in [2.05, 4.69) is 46.7 Å². The molecule has 150 valence electrons. The van der Waals surface area contributed by atoms with E-state index < -0.39 is 0 Å². The minimum atomic E-state index is 0.0163. The fourth-order valence-electron chi connectivity index (χ4n) is 4.25. The molecule has 0 saturated carbocycles. The van der Waals surface area contributed by atoms with Gasteiger partial charge < -0.3 is 4.90 Å². The highest BCUT2D eigenvalue weighted by molar-refractivity contribution is 6.14. The van der Waals surface area contributed by atoms with Crippen LogP contribution in [0.4, 0.5) is 0 Å². The van der Waals surface area contributed by atoms with Crippen molar-refractivity contribution in [2.45, 2.75) is 6.17 Å². The number of benzene rings is 3. The first-order valence-electron chi connectivity index (χ1n) is 10.4. The van der Waals surface area contributed by atoms with E-state index in [9.17, 15) is 4.79 Å². The lowest BCUT2D eigenvalue weighted by Crippen LogP contribution is -2.52. The molecule has 0 bridgehead atoms. The van der Waals surface area contributed by atoms with Crippen molar-refractivity contribution in [2.75, 3.05) is 26.2 Å². The Morgan fingerprint density at radius 3 is 2.17 bits per heavy atom. The van der Waals surface area contributed by atoms with Gasteiger partial charge in [0.25, 0.3) is 5.91 Å². The van der Waals surface area contributed by atoms with Crippen molar-refractivity contribution < 1.29 is 4.79 Å². The standard InChI is InChI=1S/C25H24N4O/c30-25(20-11-5-2-6-12-20)29-17-15-28(16-18-29)24-22-14-8-7-13-21(22)23(26-27-24)19-9-3-1-4-10-19/h1-14,24,27H,15-18H2. The molecule has 3 aromatic rings. The van der Waals surface area contributed by atoms with E-state index in [1.165, 1.54) is 5.56 Å². The highest BCUT2D eigenvalue weighted by Gasteiger charge is 2.31. The molecular weight excluding hydrogens is 372 g/mol. The minimum absolute atomic E-state index is 0.0163. The van der Waals surface area contributed by atoms with Gasteiger partial charge in [-0.05, 0) is 17.7 Å². The molecule has 1 N–H and O–H groups in total. The van der Waals surface area contributed by atoms with E-state index in [0.29, 0.717) is 13.1 Å². The van der Waals surface area contributed by atoms with E-state index in [4.69, 9.17) is 5.10 Å². The molecule has 0 aliphatic carbocycles. The second-order valence-corrected chi connectivity index (χ2v) is 7.64. The van der Waals surface area contributed by atoms with Gasteiger partial charge >= 0.3 is 0 Å². The molecule has 2 aliphatic rings. The Labute approximate surface area is 176 Å². The molecule has 0 aromatic heterocycles. The molecular formula is C25H24N4O. The SMILES string of the molecule is O=C(c1ccccc1)N1CCN(C2NN=C(c3ccccc3)c3ccccc32)CC1. The zero-order valence-electron chi connectivity index (χ0n) is 16.7. The summed E-state index contributed by atoms with van der Waals surface area (Å²) in [7, 11) is 0. The summed E-state index contributed by atoms with van der Waals surface area (Å²) in [5.74, 6) is 0.108. The quantitative estimate of drug-likeness (QED) is 0.737. The van der Waals surface area contributed by atoms with Crippen LogP contribution in [-0.4, -0.2) is 47.6 Å². The molecule has 0 radical (unpaired) electrons. The smallest absolute Gasteiger partial charge is 0.253 e. The van der Waals surface area contributed by atoms with Gasteiger partial charge in [0.15, 0.2) is 0 Å². The Bertz CT molecular complexity index is 1060. The van der Waals surface area contributed by atoms with Crippen LogP contribution in [0, 0.1) is 0 Å². The van der Waals surface area contributed by atoms with Gasteiger partial charge in [0.1, 0.15) is 6.17 Å². The van der Waals surface area contributed by atoms with Gasteiger partial charge in [0.05, 0.1) is 5.71 Å². The largest absolute Gasteiger partial charge is 0.336 e. The number of fused-ring (bicyclic) bond motifs is 1. The first-order chi connectivity index (χ1) is 14.8. The van der Waals surface area contributed by atoms with Gasteiger partial charge in [-0.25, -0.2) is 0 Å². The average molecular weight is 396 g/mol. The third-order valence-corrected chi connectivity index (χ3v) is 5.84. The molecule has 1 amide bonds. The third-order valence-electron chi connectivity index (χ3n) is 5.84. The molecule has 2 heterocycles. The zero-order chi connectivity index (χ0) is 20.3. The summed E-state index contributed by atoms with van der Waals surface area (Å²) in [4.78, 5) is 17.1. The number of carbonyl (C=O) groups is 1. The molecule has 30 heavy (non-hydrogen) atoms. The Morgan fingerprint density at radius 1 is 0.800 bits per heavy atom. The lowest BCUT2D eigenvalue weighted by Gasteiger charge is -2.41. The summed E-state index contributed by atoms with van der Waals surface area (Å²) < 4.78 is 0. The maximum atomic E-state index is 12.8. The average Bonchev–Trinajstić information content (AvgIpc) is 2.84. The van der Waals surface area contributed by atoms with Crippen molar-refractivity contribution in [3.05, 3.63) is 107 Å². The van der Waals surface area contributed by atoms with Crippen LogP contribution >= 0.6 is 0 Å². The van der Waals surface area contributed by atoms with E-state index in [1.807, 2.05) is 53.4 Å². The van der Waals surface area contributed by atoms with Crippen LogP contribution < -0.4 is 5.43 Å². The molecule has 3 aromatic carbocycles. The maximum absolute atomic E-state index is 12.8. The van der Waals surface area contributed by atoms with Crippen molar-refractivity contribution in [1.29, 1.82) is 0 Å². The van der Waals surface area contributed by atoms with Crippen molar-refractivity contribution in [3.8, 4) is 0 Å². The second-order valence-electron chi connectivity index (χ2n) is 7.64. The van der Waals surface area contributed by atoms with Gasteiger partial charge in [0.2, 0.25) is 0 Å². The summed E-state index contributed by atoms with van der Waals surface area (Å²) in [5.41, 5.74) is 8.60. The molecule has 5 nitrogen and oxygen atoms in total. The summed E-state index contributed by atoms with van der Waals surface area (Å²) in [6.07, 6.45) is 0.0163. The van der Waals surface area contributed by atoms with Crippen LogP contribution in [0.25, 0.3) is 0 Å². The van der Waals surface area contributed by atoms with Gasteiger partial charge in [-0.1, -0.05) is 72.8 Å². The van der Waals surface area contributed by atoms with Crippen LogP contribution in [0.15, 0.2) is 90.0 Å². The number of amides is 1. The number of nitrogens with one attached hydrogen (secondary N) is 1. The van der Waals surface area contributed by atoms with Gasteiger partial charge in [-0.2, -0.15) is 5.10 Å². The van der Waals surface area contributed by atoms with Crippen LogP contribution in [-0.2, 0) is 0 Å². The van der Waals surface area contributed by atoms with E-state index in [1.54, 1.807) is 0 Å². The Balaban J connectivity index is 1.33. The van der Waals surface area contributed by atoms with Crippen LogP contribution in [0.5, 0.6) is 0 Å². The zero-order valence-corrected chi connectivity index (χ0v) is 16.7. The van der Waals surface area contributed by atoms with E-state index >= 15 is 0 Å². The topological polar surface area (TPSA) is 47.9 Å². The number of nitrogens with zero attached hydrogens (tertiary/aromatic N) is 3. The fraction of sp³-hybridized carbons (Fsp3) is 0.200. The Kier molecular flexibility index (Phi) is 5.03. The first kappa shape index (κ1) is 18.6. The van der Waals surface area contributed by atoms with Crippen LogP contribution in [0.2, 0.25) is 0 Å². The molecule has 1 atom stereocenters. The first-order valence-corrected chi connectivity index (χ1v) is 10.4. The fourth-order valence-corrected chi connectivity index (χ4v) is 4.25. The molecule has 5 rings (SSSR count). The Morgan fingerprint density at radius 2 is 1.43 bits per heavy atom. The molecule has 1 saturated heterocycles. The lowest BCUT2D eigenvalue weighted by molar-refractivity contribution is 0.0525. The van der Waals surface area contributed by atoms with E-state index in [0.717, 1.165) is 35.5 Å². The number of hydrogen-bond donors (Lipinski definition) is 1. The molecule has 5 heteroatoms. The van der Waals surface area contributed by atoms with Crippen molar-refractivity contribution in [1.82, 2.24) is 15.2 Å². The normalized spacial score (nSPS) is 18.9. The van der Waals surface area contributed by atoms with E-state index in [-0.39, 0.29) is 12.1 Å². The highest BCUT2D eigenvalue weighted by atomic mass is 16.2. The van der Waals surface area contributed by atoms with Crippen LogP contribution in [0.1, 0.15) is 33.2 Å². The molecule has 0 spiro atoms. The molecule has 2 aliphatic heterocycles. The van der Waals surface area contributed by atoms with Gasteiger partial charge in [-0.3, -0.25) is 15.1 Å². The lowest BCUT2D eigenvalue weighted by atomic mass is 9.94. The predicted octanol–water partition coefficient (Wildman–Crippen LogP) is 3.50. The summed E-state index contributed by atoms with van der Waals surface area (Å²) in [5, 5.41) is 4.74. The number of hydrogen-bond acceptors (Lipinski definition) is 4. The molecule has 1 fully saturated rings. The second kappa shape index (κ2) is 8.13.